The van der Waals surface area contributed by atoms with E-state index >= 15 is 0 Å². The zero-order chi connectivity index (χ0) is 10.1. The predicted molar refractivity (Wildman–Crippen MR) is 62.6 cm³/mol. The van der Waals surface area contributed by atoms with E-state index in [9.17, 15) is 0 Å². The summed E-state index contributed by atoms with van der Waals surface area (Å²) < 4.78 is 0. The topological polar surface area (TPSA) is 0 Å². The zero-order valence-corrected chi connectivity index (χ0v) is 9.43. The Labute approximate surface area is 90.6 Å². The molecular weight excluding hydrogens is 192 g/mol. The largest absolute Gasteiger partial charge is 0.0837 e. The Morgan fingerprint density at radius 3 is 2.86 bits per heavy atom. The molecule has 0 heterocycles. The van der Waals surface area contributed by atoms with Gasteiger partial charge in [-0.2, -0.15) is 0 Å². The first kappa shape index (κ1) is 9.79. The monoisotopic (exact) mass is 206 g/mol. The molecule has 74 valence electrons. The first-order valence-electron chi connectivity index (χ1n) is 5.20. The predicted octanol–water partition coefficient (Wildman–Crippen LogP) is 4.33. The average Bonchev–Trinajstić information content (AvgIpc) is 2.62. The molecule has 1 aliphatic carbocycles. The molecule has 0 N–H and O–H groups in total. The van der Waals surface area contributed by atoms with Crippen LogP contribution in [0.5, 0.6) is 0 Å². The Kier molecular flexibility index (Phi) is 2.64. The van der Waals surface area contributed by atoms with Crippen LogP contribution >= 0.6 is 11.6 Å². The van der Waals surface area contributed by atoms with E-state index in [1.165, 1.54) is 23.1 Å². The second kappa shape index (κ2) is 3.78. The number of allylic oxidation sites excluding steroid dienone is 1. The van der Waals surface area contributed by atoms with Crippen molar-refractivity contribution in [2.45, 2.75) is 26.7 Å². The second-order valence-corrected chi connectivity index (χ2v) is 4.43. The molecule has 1 aromatic carbocycles. The van der Waals surface area contributed by atoms with Gasteiger partial charge in [0, 0.05) is 5.02 Å². The van der Waals surface area contributed by atoms with Crippen molar-refractivity contribution in [1.82, 2.24) is 0 Å². The number of hydrogen-bond acceptors (Lipinski definition) is 0. The van der Waals surface area contributed by atoms with Crippen molar-refractivity contribution >= 4 is 17.7 Å². The summed E-state index contributed by atoms with van der Waals surface area (Å²) in [4.78, 5) is 0. The van der Waals surface area contributed by atoms with Crippen molar-refractivity contribution in [2.24, 2.45) is 5.92 Å². The highest BCUT2D eigenvalue weighted by Crippen LogP contribution is 2.34. The number of benzene rings is 1. The van der Waals surface area contributed by atoms with Crippen LogP contribution in [0.3, 0.4) is 0 Å². The van der Waals surface area contributed by atoms with E-state index in [2.05, 4.69) is 26.0 Å². The number of hydrogen-bond donors (Lipinski definition) is 0. The third kappa shape index (κ3) is 1.59. The maximum atomic E-state index is 6.14. The summed E-state index contributed by atoms with van der Waals surface area (Å²) in [5, 5.41) is 0.890. The van der Waals surface area contributed by atoms with E-state index in [1.54, 1.807) is 0 Å². The van der Waals surface area contributed by atoms with Crippen molar-refractivity contribution in [3.63, 3.8) is 0 Å². The van der Waals surface area contributed by atoms with Crippen LogP contribution in [0.15, 0.2) is 23.8 Å². The number of rotatable bonds is 2. The van der Waals surface area contributed by atoms with Gasteiger partial charge in [-0.25, -0.2) is 0 Å². The van der Waals surface area contributed by atoms with Crippen LogP contribution in [-0.2, 0) is 6.42 Å². The summed E-state index contributed by atoms with van der Waals surface area (Å²) in [6.45, 7) is 4.52. The van der Waals surface area contributed by atoms with Crippen molar-refractivity contribution in [2.75, 3.05) is 0 Å². The van der Waals surface area contributed by atoms with Gasteiger partial charge in [0.1, 0.15) is 0 Å². The van der Waals surface area contributed by atoms with Gasteiger partial charge in [0.15, 0.2) is 0 Å². The van der Waals surface area contributed by atoms with Crippen LogP contribution in [0.2, 0.25) is 5.02 Å². The molecule has 0 bridgehead atoms. The molecule has 1 heteroatoms. The molecule has 1 atom stereocenters. The van der Waals surface area contributed by atoms with Crippen LogP contribution in [0.4, 0.5) is 0 Å². The minimum Gasteiger partial charge on any atom is -0.0837 e. The molecule has 14 heavy (non-hydrogen) atoms. The van der Waals surface area contributed by atoms with E-state index < -0.39 is 0 Å². The molecule has 0 saturated carbocycles. The molecule has 0 spiro atoms. The summed E-state index contributed by atoms with van der Waals surface area (Å²) >= 11 is 6.14. The molecule has 0 aliphatic heterocycles. The minimum atomic E-state index is 0.679. The summed E-state index contributed by atoms with van der Waals surface area (Å²) in [5.41, 5.74) is 4.15. The maximum Gasteiger partial charge on any atom is 0.0481 e. The molecule has 0 radical (unpaired) electrons. The van der Waals surface area contributed by atoms with Gasteiger partial charge in [0.05, 0.1) is 0 Å². The standard InChI is InChI=1S/C13H15Cl/c1-3-9(2)11-7-10-5-4-6-13(14)12(10)8-11/h4-6,8-9H,3,7H2,1-2H3. The smallest absolute Gasteiger partial charge is 0.0481 e. The highest BCUT2D eigenvalue weighted by molar-refractivity contribution is 6.32. The molecule has 1 unspecified atom stereocenters. The lowest BCUT2D eigenvalue weighted by molar-refractivity contribution is 0.647. The molecule has 0 saturated heterocycles. The number of fused-ring (bicyclic) bond motifs is 1. The summed E-state index contributed by atoms with van der Waals surface area (Å²) in [7, 11) is 0. The SMILES string of the molecule is CCC(C)C1=Cc2c(Cl)cccc2C1. The van der Waals surface area contributed by atoms with Crippen molar-refractivity contribution in [1.29, 1.82) is 0 Å². The first-order valence-corrected chi connectivity index (χ1v) is 5.58. The van der Waals surface area contributed by atoms with Crippen molar-refractivity contribution in [3.05, 3.63) is 39.9 Å². The summed E-state index contributed by atoms with van der Waals surface area (Å²) in [6, 6.07) is 6.18. The summed E-state index contributed by atoms with van der Waals surface area (Å²) in [5.74, 6) is 0.679. The number of halogens is 1. The van der Waals surface area contributed by atoms with Gasteiger partial charge in [-0.3, -0.25) is 0 Å². The molecule has 0 aromatic heterocycles. The van der Waals surface area contributed by atoms with Crippen LogP contribution in [0.1, 0.15) is 31.4 Å². The lowest BCUT2D eigenvalue weighted by Gasteiger charge is -2.08. The average molecular weight is 207 g/mol. The van der Waals surface area contributed by atoms with E-state index in [-0.39, 0.29) is 0 Å². The van der Waals surface area contributed by atoms with Gasteiger partial charge in [-0.05, 0) is 36.0 Å². The molecule has 0 fully saturated rings. The molecule has 2 rings (SSSR count). The third-order valence-corrected chi connectivity index (χ3v) is 3.44. The highest BCUT2D eigenvalue weighted by Gasteiger charge is 2.17. The zero-order valence-electron chi connectivity index (χ0n) is 8.68. The Bertz CT molecular complexity index is 377. The van der Waals surface area contributed by atoms with E-state index in [0.29, 0.717) is 5.92 Å². The van der Waals surface area contributed by atoms with Gasteiger partial charge in [0.25, 0.3) is 0 Å². The molecular formula is C13H15Cl. The van der Waals surface area contributed by atoms with E-state index in [4.69, 9.17) is 11.6 Å². The van der Waals surface area contributed by atoms with Crippen LogP contribution in [0.25, 0.3) is 6.08 Å². The lowest BCUT2D eigenvalue weighted by Crippen LogP contribution is -1.96. The quantitative estimate of drug-likeness (QED) is 0.676. The Morgan fingerprint density at radius 2 is 2.21 bits per heavy atom. The fraction of sp³-hybridized carbons (Fsp3) is 0.385. The molecule has 1 aliphatic rings. The van der Waals surface area contributed by atoms with Gasteiger partial charge < -0.3 is 0 Å². The molecule has 0 nitrogen and oxygen atoms in total. The Hall–Kier alpha value is -0.750. The first-order chi connectivity index (χ1) is 6.72. The fourth-order valence-electron chi connectivity index (χ4n) is 1.93. The Balaban J connectivity index is 2.34. The second-order valence-electron chi connectivity index (χ2n) is 4.02. The fourth-order valence-corrected chi connectivity index (χ4v) is 2.18. The Morgan fingerprint density at radius 1 is 1.43 bits per heavy atom. The van der Waals surface area contributed by atoms with Crippen LogP contribution in [0, 0.1) is 5.92 Å². The highest BCUT2D eigenvalue weighted by atomic mass is 35.5. The molecule has 1 aromatic rings. The lowest BCUT2D eigenvalue weighted by atomic mass is 9.97. The summed E-state index contributed by atoms with van der Waals surface area (Å²) in [6.07, 6.45) is 4.56. The van der Waals surface area contributed by atoms with Crippen LogP contribution in [-0.4, -0.2) is 0 Å². The van der Waals surface area contributed by atoms with Gasteiger partial charge >= 0.3 is 0 Å². The van der Waals surface area contributed by atoms with E-state index in [1.807, 2.05) is 12.1 Å². The van der Waals surface area contributed by atoms with Gasteiger partial charge in [0.2, 0.25) is 0 Å². The normalized spacial score (nSPS) is 16.4. The van der Waals surface area contributed by atoms with Crippen LogP contribution < -0.4 is 0 Å². The van der Waals surface area contributed by atoms with Gasteiger partial charge in [-0.1, -0.05) is 49.2 Å². The van der Waals surface area contributed by atoms with Crippen molar-refractivity contribution in [3.8, 4) is 0 Å². The minimum absolute atomic E-state index is 0.679. The molecule has 0 amide bonds. The van der Waals surface area contributed by atoms with E-state index in [0.717, 1.165) is 11.4 Å². The van der Waals surface area contributed by atoms with Gasteiger partial charge in [-0.15, -0.1) is 0 Å². The maximum absolute atomic E-state index is 6.14. The van der Waals surface area contributed by atoms with Crippen molar-refractivity contribution < 1.29 is 0 Å². The third-order valence-electron chi connectivity index (χ3n) is 3.11.